The van der Waals surface area contributed by atoms with Crippen molar-refractivity contribution in [1.29, 1.82) is 0 Å². The van der Waals surface area contributed by atoms with Crippen LogP contribution in [0, 0.1) is 41.5 Å². The van der Waals surface area contributed by atoms with E-state index in [2.05, 4.69) is 344 Å². The van der Waals surface area contributed by atoms with Crippen LogP contribution in [0.5, 0.6) is 0 Å². The topological polar surface area (TPSA) is 13.1 Å². The van der Waals surface area contributed by atoms with Gasteiger partial charge in [-0.25, -0.2) is 0 Å². The second-order valence-corrected chi connectivity index (χ2v) is 35.1. The highest BCUT2D eigenvalue weighted by molar-refractivity contribution is 7.02. The molecule has 0 unspecified atom stereocenters. The highest BCUT2D eigenvalue weighted by Gasteiger charge is 2.46. The zero-order valence-corrected chi connectivity index (χ0v) is 61.6. The van der Waals surface area contributed by atoms with E-state index in [0.717, 1.165) is 11.4 Å². The molecule has 14 rings (SSSR count). The van der Waals surface area contributed by atoms with Crippen molar-refractivity contribution in [3.8, 4) is 22.5 Å². The van der Waals surface area contributed by atoms with E-state index in [-0.39, 0.29) is 45.9 Å². The number of hydrogen-bond donors (Lipinski definition) is 0. The van der Waals surface area contributed by atoms with E-state index in [4.69, 9.17) is 0 Å². The van der Waals surface area contributed by atoms with Crippen LogP contribution in [0.2, 0.25) is 0 Å². The minimum atomic E-state index is -0.107. The maximum absolute atomic E-state index is 2.72. The molecule has 0 saturated carbocycles. The van der Waals surface area contributed by atoms with Gasteiger partial charge in [0.05, 0.1) is 33.4 Å². The highest BCUT2D eigenvalue weighted by atomic mass is 15.2. The standard InChI is InChI=1S/C90H99B2N3/c1-52-40-54(3)82(55(4)41-52)91-69-50-63(89(19,20)21)32-38-77(69)95-78-39-33-64(90(22,23)24)51-70(78)92(83-56(5)42-53(2)43-57(83)6)72-45-58(44-71(91)84(72)95)81-79(93-73-34-28-59(85(7,8)9)46-65(73)66-47-60(86(10,11)12)29-35-74(66)93)26-25-27-80(81)94-75-36-30-61(87(13,14)15)48-67(75)68-49-62(88(16,17)18)31-37-76(68)94/h25-51H,1-24H3. The maximum Gasteiger partial charge on any atom is 0.247 e. The van der Waals surface area contributed by atoms with Crippen molar-refractivity contribution in [1.82, 2.24) is 9.13 Å². The molecular weight excluding hydrogens is 1140 g/mol. The molecule has 4 heterocycles. The van der Waals surface area contributed by atoms with Crippen LogP contribution in [-0.4, -0.2) is 22.6 Å². The Balaban J connectivity index is 1.23. The van der Waals surface area contributed by atoms with Crippen molar-refractivity contribution in [2.75, 3.05) is 4.90 Å². The molecule has 0 radical (unpaired) electrons. The largest absolute Gasteiger partial charge is 0.313 e. The molecule has 2 aromatic heterocycles. The minimum absolute atomic E-state index is 0.0576. The fourth-order valence-electron chi connectivity index (χ4n) is 16.7. The summed E-state index contributed by atoms with van der Waals surface area (Å²) in [6, 6.07) is 66.8. The van der Waals surface area contributed by atoms with Gasteiger partial charge in [0.2, 0.25) is 13.4 Å². The molecule has 2 aliphatic heterocycles. The molecule has 0 bridgehead atoms. The van der Waals surface area contributed by atoms with Crippen LogP contribution < -0.4 is 37.7 Å². The maximum atomic E-state index is 2.72. The first kappa shape index (κ1) is 64.1. The van der Waals surface area contributed by atoms with Gasteiger partial charge in [0, 0.05) is 44.2 Å². The number of nitrogens with zero attached hydrogens (tertiary/aromatic N) is 3. The lowest BCUT2D eigenvalue weighted by Crippen LogP contribution is -2.66. The fourth-order valence-corrected chi connectivity index (χ4v) is 16.7. The SMILES string of the molecule is Cc1cc(C)c(B2c3cc(C(C)(C)C)ccc3N3c4ccc(C(C)(C)C)cc4B(c4c(C)cc(C)cc4C)c4cc(-c5c(-n6c7ccc(C(C)(C)C)cc7c7cc(C(C)(C)C)ccc76)cccc5-n5c6ccc(C(C)(C)C)cc6c6cc(C(C)(C)C)ccc65)cc2c43)c(C)c1. The molecule has 0 N–H and O–H groups in total. The number of fused-ring (bicyclic) bond motifs is 10. The van der Waals surface area contributed by atoms with Gasteiger partial charge in [0.15, 0.2) is 0 Å². The van der Waals surface area contributed by atoms with Crippen LogP contribution >= 0.6 is 0 Å². The molecule has 0 fully saturated rings. The second-order valence-electron chi connectivity index (χ2n) is 35.1. The van der Waals surface area contributed by atoms with Crippen LogP contribution in [0.15, 0.2) is 164 Å². The first-order chi connectivity index (χ1) is 44.4. The van der Waals surface area contributed by atoms with E-state index in [0.29, 0.717) is 0 Å². The van der Waals surface area contributed by atoms with Crippen molar-refractivity contribution in [2.24, 2.45) is 0 Å². The average Bonchev–Trinajstić information content (AvgIpc) is 0.991. The van der Waals surface area contributed by atoms with E-state index in [1.807, 2.05) is 0 Å². The van der Waals surface area contributed by atoms with Crippen LogP contribution in [0.4, 0.5) is 17.1 Å². The summed E-state index contributed by atoms with van der Waals surface area (Å²) in [6.45, 7) is 56.3. The number of rotatable bonds is 5. The third kappa shape index (κ3) is 10.5. The lowest BCUT2D eigenvalue weighted by molar-refractivity contribution is 0.590. The molecule has 0 aliphatic carbocycles. The molecule has 12 aromatic rings. The van der Waals surface area contributed by atoms with Crippen LogP contribution in [-0.2, 0) is 32.5 Å². The summed E-state index contributed by atoms with van der Waals surface area (Å²) < 4.78 is 5.30. The third-order valence-electron chi connectivity index (χ3n) is 21.7. The summed E-state index contributed by atoms with van der Waals surface area (Å²) in [4.78, 5) is 2.72. The number of benzene rings is 10. The fraction of sp³-hybridized carbons (Fsp3) is 0.333. The summed E-state index contributed by atoms with van der Waals surface area (Å²) in [5.74, 6) is 0. The van der Waals surface area contributed by atoms with Gasteiger partial charge in [-0.1, -0.05) is 260 Å². The van der Waals surface area contributed by atoms with E-state index >= 15 is 0 Å². The molecule has 95 heavy (non-hydrogen) atoms. The zero-order chi connectivity index (χ0) is 68.0. The third-order valence-corrected chi connectivity index (χ3v) is 21.7. The van der Waals surface area contributed by atoms with Crippen LogP contribution in [0.1, 0.15) is 191 Å². The average molecular weight is 1240 g/mol. The van der Waals surface area contributed by atoms with Crippen LogP contribution in [0.25, 0.3) is 66.1 Å². The summed E-state index contributed by atoms with van der Waals surface area (Å²) >= 11 is 0. The van der Waals surface area contributed by atoms with Crippen LogP contribution in [0.3, 0.4) is 0 Å². The van der Waals surface area contributed by atoms with Gasteiger partial charge in [0.25, 0.3) is 0 Å². The predicted molar refractivity (Wildman–Crippen MR) is 418 cm³/mol. The molecule has 10 aromatic carbocycles. The van der Waals surface area contributed by atoms with Crippen molar-refractivity contribution in [2.45, 2.75) is 199 Å². The molecule has 3 nitrogen and oxygen atoms in total. The van der Waals surface area contributed by atoms with E-state index in [1.54, 1.807) is 0 Å². The normalized spacial score (nSPS) is 13.8. The Bertz CT molecular complexity index is 4700. The van der Waals surface area contributed by atoms with Gasteiger partial charge in [-0.15, -0.1) is 0 Å². The van der Waals surface area contributed by atoms with Crippen molar-refractivity contribution in [3.63, 3.8) is 0 Å². The van der Waals surface area contributed by atoms with E-state index < -0.39 is 0 Å². The first-order valence-corrected chi connectivity index (χ1v) is 35.1. The summed E-state index contributed by atoms with van der Waals surface area (Å²) in [7, 11) is 0. The number of aromatic nitrogens is 2. The Morgan fingerprint density at radius 2 is 0.547 bits per heavy atom. The number of anilines is 3. The molecule has 5 heteroatoms. The smallest absolute Gasteiger partial charge is 0.247 e. The zero-order valence-electron chi connectivity index (χ0n) is 61.6. The second kappa shape index (κ2) is 21.6. The Morgan fingerprint density at radius 1 is 0.274 bits per heavy atom. The molecular formula is C90H99B2N3. The van der Waals surface area contributed by atoms with Gasteiger partial charge < -0.3 is 14.0 Å². The summed E-state index contributed by atoms with van der Waals surface area (Å²) in [5, 5.41) is 5.11. The van der Waals surface area contributed by atoms with Crippen molar-refractivity contribution >= 4 is 107 Å². The van der Waals surface area contributed by atoms with Gasteiger partial charge in [-0.05, 0) is 208 Å². The van der Waals surface area contributed by atoms with Gasteiger partial charge in [-0.3, -0.25) is 0 Å². The first-order valence-electron chi connectivity index (χ1n) is 35.1. The Hall–Kier alpha value is -8.27. The monoisotopic (exact) mass is 1240 g/mol. The van der Waals surface area contributed by atoms with Crippen molar-refractivity contribution < 1.29 is 0 Å². The number of hydrogen-bond acceptors (Lipinski definition) is 1. The quantitative estimate of drug-likeness (QED) is 0.157. The van der Waals surface area contributed by atoms with Gasteiger partial charge >= 0.3 is 0 Å². The Labute approximate surface area is 569 Å². The summed E-state index contributed by atoms with van der Waals surface area (Å²) in [5.41, 5.74) is 37.0. The van der Waals surface area contributed by atoms with E-state index in [1.165, 1.54) is 171 Å². The van der Waals surface area contributed by atoms with E-state index in [9.17, 15) is 0 Å². The predicted octanol–water partition coefficient (Wildman–Crippen LogP) is 20.3. The Kier molecular flexibility index (Phi) is 14.6. The lowest BCUT2D eigenvalue weighted by atomic mass is 9.29. The molecule has 0 saturated heterocycles. The molecule has 0 amide bonds. The highest BCUT2D eigenvalue weighted by Crippen LogP contribution is 2.48. The Morgan fingerprint density at radius 3 is 0.832 bits per heavy atom. The number of aryl methyl sites for hydroxylation is 6. The van der Waals surface area contributed by atoms with Gasteiger partial charge in [-0.2, -0.15) is 0 Å². The minimum Gasteiger partial charge on any atom is -0.313 e. The van der Waals surface area contributed by atoms with Gasteiger partial charge in [0.1, 0.15) is 0 Å². The molecule has 2 aliphatic rings. The molecule has 480 valence electrons. The molecule has 0 spiro atoms. The molecule has 0 atom stereocenters. The van der Waals surface area contributed by atoms with Crippen molar-refractivity contribution in [3.05, 3.63) is 231 Å². The lowest BCUT2D eigenvalue weighted by Gasteiger charge is -2.45. The summed E-state index contributed by atoms with van der Waals surface area (Å²) in [6.07, 6.45) is 0.